The molecule has 4 nitrogen and oxygen atoms in total. The zero-order valence-electron chi connectivity index (χ0n) is 28.8. The normalized spacial score (nSPS) is 11.9. The molecule has 1 N–H and O–H groups in total. The number of nitrogens with zero attached hydrogens (tertiary/aromatic N) is 3. The summed E-state index contributed by atoms with van der Waals surface area (Å²) in [5.41, 5.74) is 8.82. The monoisotopic (exact) mass is 988 g/mol. The third kappa shape index (κ3) is 7.27. The average molecular weight is 991 g/mol. The molecule has 282 valence electrons. The van der Waals surface area contributed by atoms with Crippen molar-refractivity contribution >= 4 is 139 Å². The fourth-order valence-corrected chi connectivity index (χ4v) is 9.51. The Balaban J connectivity index is 0.00000455. The van der Waals surface area contributed by atoms with Gasteiger partial charge in [0.05, 0.1) is 59.6 Å². The zero-order chi connectivity index (χ0) is 38.8. The maximum atomic E-state index is 7.24. The van der Waals surface area contributed by atoms with Gasteiger partial charge >= 0.3 is 0 Å². The summed E-state index contributed by atoms with van der Waals surface area (Å²) >= 11 is 57.7. The molecule has 8 bridgehead atoms. The molecule has 0 fully saturated rings. The molecule has 2 aliphatic heterocycles. The number of aromatic amines is 1. The number of aromatic nitrogens is 4. The van der Waals surface area contributed by atoms with E-state index in [1.165, 1.54) is 0 Å². The summed E-state index contributed by atoms with van der Waals surface area (Å²) in [5, 5.41) is 2.83. The molecular formula is C44H22Cl8N4Ru. The van der Waals surface area contributed by atoms with Crippen molar-refractivity contribution in [1.82, 2.24) is 19.5 Å². The van der Waals surface area contributed by atoms with Crippen molar-refractivity contribution in [1.29, 1.82) is 0 Å². The quantitative estimate of drug-likeness (QED) is 0.179. The van der Waals surface area contributed by atoms with Crippen molar-refractivity contribution in [2.45, 2.75) is 0 Å². The van der Waals surface area contributed by atoms with E-state index in [4.69, 9.17) is 103 Å². The summed E-state index contributed by atoms with van der Waals surface area (Å²) in [6.07, 6.45) is 7.69. The molecule has 0 atom stereocenters. The van der Waals surface area contributed by atoms with E-state index in [0.717, 1.165) is 16.7 Å². The first-order valence-corrected chi connectivity index (χ1v) is 20.0. The molecule has 4 aromatic carbocycles. The minimum Gasteiger partial charge on any atom is -0.355 e. The summed E-state index contributed by atoms with van der Waals surface area (Å²) in [5.74, 6) is 0. The Labute approximate surface area is 380 Å². The van der Waals surface area contributed by atoms with Gasteiger partial charge in [-0.2, -0.15) is 0 Å². The van der Waals surface area contributed by atoms with E-state index >= 15 is 0 Å². The molecule has 0 saturated heterocycles. The van der Waals surface area contributed by atoms with Crippen LogP contribution in [0.5, 0.6) is 0 Å². The van der Waals surface area contributed by atoms with Crippen LogP contribution >= 0.6 is 92.8 Å². The molecule has 0 amide bonds. The molecule has 0 spiro atoms. The van der Waals surface area contributed by atoms with Crippen LogP contribution in [0.15, 0.2) is 103 Å². The van der Waals surface area contributed by atoms with Gasteiger partial charge in [0.2, 0.25) is 0 Å². The topological polar surface area (TPSA) is 46.5 Å². The van der Waals surface area contributed by atoms with Crippen molar-refractivity contribution in [3.8, 4) is 39.1 Å². The van der Waals surface area contributed by atoms with E-state index in [0.29, 0.717) is 107 Å². The Morgan fingerprint density at radius 2 is 0.807 bits per heavy atom. The molecule has 57 heavy (non-hydrogen) atoms. The van der Waals surface area contributed by atoms with Crippen molar-refractivity contribution in [2.24, 2.45) is 0 Å². The van der Waals surface area contributed by atoms with Crippen LogP contribution in [0.3, 0.4) is 0 Å². The fourth-order valence-electron chi connectivity index (χ4n) is 7.18. The largest absolute Gasteiger partial charge is 0.355 e. The van der Waals surface area contributed by atoms with Gasteiger partial charge < -0.3 is 9.55 Å². The van der Waals surface area contributed by atoms with Crippen LogP contribution in [0.4, 0.5) is 0 Å². The van der Waals surface area contributed by atoms with Gasteiger partial charge in [0.25, 0.3) is 0 Å². The molecule has 2 aliphatic rings. The molecular weight excluding hydrogens is 969 g/mol. The van der Waals surface area contributed by atoms with Crippen LogP contribution in [-0.2, 0) is 19.5 Å². The maximum absolute atomic E-state index is 7.24. The summed E-state index contributed by atoms with van der Waals surface area (Å²) in [6, 6.07) is 31.1. The SMILES string of the molecule is Clc1cccc(Cl)c1-c1c(-c2c(Cl)cccc2Cl)c2c(-c3c(Cl)cccc3Cl)c3nc(cc4ccc(cc5nc(cc1n2-c1c(Cl)cccc1Cl)C=C5)[nH]4)C=C3.[Ru]. The van der Waals surface area contributed by atoms with Crippen LogP contribution in [0.1, 0.15) is 22.8 Å². The molecule has 0 aliphatic carbocycles. The van der Waals surface area contributed by atoms with E-state index < -0.39 is 0 Å². The third-order valence-corrected chi connectivity index (χ3v) is 12.0. The summed E-state index contributed by atoms with van der Waals surface area (Å²) in [4.78, 5) is 13.7. The number of rotatable bonds is 4. The van der Waals surface area contributed by atoms with Crippen molar-refractivity contribution < 1.29 is 19.5 Å². The predicted octanol–water partition coefficient (Wildman–Crippen LogP) is 16.3. The van der Waals surface area contributed by atoms with Crippen molar-refractivity contribution in [3.63, 3.8) is 0 Å². The van der Waals surface area contributed by atoms with Gasteiger partial charge in [0.15, 0.2) is 0 Å². The molecule has 0 radical (unpaired) electrons. The second kappa shape index (κ2) is 16.2. The van der Waals surface area contributed by atoms with Gasteiger partial charge in [-0.25, -0.2) is 9.97 Å². The Kier molecular flexibility index (Phi) is 11.4. The Morgan fingerprint density at radius 3 is 1.32 bits per heavy atom. The standard InChI is InChI=1S/C44H22Cl8N4.Ru/c45-27-5-1-6-28(46)37(27)40-35-18-17-25(55-35)20-24-14-13-22(53-24)19-23-15-16-26(54-23)21-36-41(38-29(47)7-2-8-30(38)48)42(39-31(49)9-3-10-32(39)50)44(40)56(36)43-33(51)11-4-12-34(43)52;/h1-21,53H;. The number of hydrogen-bond donors (Lipinski definition) is 1. The molecule has 13 heteroatoms. The number of fused-ring (bicyclic) bond motifs is 8. The van der Waals surface area contributed by atoms with Crippen molar-refractivity contribution in [2.75, 3.05) is 0 Å². The van der Waals surface area contributed by atoms with E-state index in [1.807, 2.05) is 59.2 Å². The molecule has 0 unspecified atom stereocenters. The van der Waals surface area contributed by atoms with E-state index in [1.54, 1.807) is 72.8 Å². The first kappa shape index (κ1) is 40.2. The molecule has 0 saturated carbocycles. The molecule has 5 heterocycles. The number of nitrogens with one attached hydrogen (secondary N) is 1. The Hall–Kier alpha value is -3.58. The predicted molar refractivity (Wildman–Crippen MR) is 240 cm³/mol. The van der Waals surface area contributed by atoms with Gasteiger partial charge in [-0.1, -0.05) is 117 Å². The zero-order valence-corrected chi connectivity index (χ0v) is 36.6. The maximum Gasteiger partial charge on any atom is 0.0836 e. The van der Waals surface area contributed by atoms with Gasteiger partial charge in [0, 0.05) is 84.0 Å². The van der Waals surface area contributed by atoms with Gasteiger partial charge in [-0.05, 0) is 103 Å². The summed E-state index contributed by atoms with van der Waals surface area (Å²) in [6.45, 7) is 0. The minimum atomic E-state index is 0. The second-order valence-corrected chi connectivity index (χ2v) is 16.2. The fraction of sp³-hybridized carbons (Fsp3) is 0. The van der Waals surface area contributed by atoms with E-state index in [2.05, 4.69) is 4.98 Å². The third-order valence-electron chi connectivity index (χ3n) is 9.47. The summed E-state index contributed by atoms with van der Waals surface area (Å²) < 4.78 is 1.95. The van der Waals surface area contributed by atoms with Crippen LogP contribution < -0.4 is 0 Å². The van der Waals surface area contributed by atoms with Crippen LogP contribution in [0.25, 0.3) is 85.4 Å². The van der Waals surface area contributed by atoms with Crippen LogP contribution in [-0.4, -0.2) is 19.5 Å². The number of benzene rings is 4. The Morgan fingerprint density at radius 1 is 0.404 bits per heavy atom. The molecule has 3 aromatic heterocycles. The smallest absolute Gasteiger partial charge is 0.0836 e. The first-order chi connectivity index (χ1) is 27.1. The van der Waals surface area contributed by atoms with Crippen molar-refractivity contribution in [3.05, 3.63) is 166 Å². The second-order valence-electron chi connectivity index (χ2n) is 12.9. The Bertz CT molecular complexity index is 2960. The van der Waals surface area contributed by atoms with E-state index in [9.17, 15) is 0 Å². The van der Waals surface area contributed by atoms with Gasteiger partial charge in [-0.3, -0.25) is 0 Å². The van der Waals surface area contributed by atoms with Gasteiger partial charge in [-0.15, -0.1) is 0 Å². The number of H-pyrrole nitrogens is 1. The number of halogens is 8. The molecule has 7 aromatic rings. The average Bonchev–Trinajstić information content (AvgIpc) is 3.96. The number of para-hydroxylation sites is 1. The van der Waals surface area contributed by atoms with Crippen LogP contribution in [0.2, 0.25) is 40.2 Å². The minimum absolute atomic E-state index is 0. The number of hydrogen-bond acceptors (Lipinski definition) is 2. The molecule has 9 rings (SSSR count). The van der Waals surface area contributed by atoms with Crippen LogP contribution in [0, 0.1) is 0 Å². The van der Waals surface area contributed by atoms with Gasteiger partial charge in [0.1, 0.15) is 0 Å². The first-order valence-electron chi connectivity index (χ1n) is 17.0. The van der Waals surface area contributed by atoms with E-state index in [-0.39, 0.29) is 19.5 Å². The summed E-state index contributed by atoms with van der Waals surface area (Å²) in [7, 11) is 0.